The molecule has 0 saturated carbocycles. The lowest BCUT2D eigenvalue weighted by Gasteiger charge is -2.28. The molecule has 156 valence electrons. The van der Waals surface area contributed by atoms with Crippen LogP contribution < -0.4 is 10.1 Å². The maximum atomic E-state index is 13.8. The van der Waals surface area contributed by atoms with Crippen molar-refractivity contribution in [2.75, 3.05) is 26.7 Å². The fourth-order valence-electron chi connectivity index (χ4n) is 4.67. The van der Waals surface area contributed by atoms with Crippen LogP contribution in [0, 0.1) is 17.7 Å². The van der Waals surface area contributed by atoms with Crippen LogP contribution in [0.15, 0.2) is 48.5 Å². The second-order valence-electron chi connectivity index (χ2n) is 7.83. The number of rotatable bonds is 6. The van der Waals surface area contributed by atoms with Gasteiger partial charge in [-0.25, -0.2) is 4.39 Å². The highest BCUT2D eigenvalue weighted by Crippen LogP contribution is 2.43. The summed E-state index contributed by atoms with van der Waals surface area (Å²) >= 11 is 0. The van der Waals surface area contributed by atoms with Crippen molar-refractivity contribution in [3.8, 4) is 5.75 Å². The Balaban J connectivity index is 0.00000240. The summed E-state index contributed by atoms with van der Waals surface area (Å²) in [6.07, 6.45) is 2.19. The smallest absolute Gasteiger partial charge is 0.223 e. The minimum absolute atomic E-state index is 0. The average molecular weight is 419 g/mol. The molecule has 0 radical (unpaired) electrons. The molecule has 0 bridgehead atoms. The van der Waals surface area contributed by atoms with Crippen LogP contribution >= 0.6 is 12.4 Å². The summed E-state index contributed by atoms with van der Waals surface area (Å²) < 4.78 is 19.0. The minimum atomic E-state index is -0.237. The molecule has 0 spiro atoms. The van der Waals surface area contributed by atoms with E-state index in [0.29, 0.717) is 18.3 Å². The number of halogens is 2. The predicted octanol–water partition coefficient (Wildman–Crippen LogP) is 4.00. The summed E-state index contributed by atoms with van der Waals surface area (Å²) in [5.74, 6) is 1.61. The van der Waals surface area contributed by atoms with Crippen molar-refractivity contribution >= 4 is 18.3 Å². The first kappa shape index (κ1) is 21.6. The number of methoxy groups -OCH3 is 1. The molecule has 2 saturated heterocycles. The third-order valence-corrected chi connectivity index (χ3v) is 6.09. The highest BCUT2D eigenvalue weighted by molar-refractivity contribution is 5.85. The zero-order valence-electron chi connectivity index (χ0n) is 16.6. The van der Waals surface area contributed by atoms with Crippen molar-refractivity contribution in [2.45, 2.75) is 25.3 Å². The van der Waals surface area contributed by atoms with E-state index in [2.05, 4.69) is 5.32 Å². The van der Waals surface area contributed by atoms with Crippen LogP contribution in [0.1, 0.15) is 30.0 Å². The number of likely N-dealkylation sites (tertiary alicyclic amines) is 1. The molecule has 29 heavy (non-hydrogen) atoms. The van der Waals surface area contributed by atoms with Gasteiger partial charge in [0, 0.05) is 32.0 Å². The summed E-state index contributed by atoms with van der Waals surface area (Å²) in [5.41, 5.74) is 2.12. The molecule has 1 N–H and O–H groups in total. The van der Waals surface area contributed by atoms with Gasteiger partial charge in [0.05, 0.1) is 13.2 Å². The van der Waals surface area contributed by atoms with Crippen LogP contribution in [0.25, 0.3) is 0 Å². The minimum Gasteiger partial charge on any atom is -0.497 e. The number of nitrogens with one attached hydrogen (secondary N) is 1. The number of aryl methyl sites for hydroxylation is 1. The molecule has 4 nitrogen and oxygen atoms in total. The van der Waals surface area contributed by atoms with E-state index >= 15 is 0 Å². The maximum absolute atomic E-state index is 13.8. The van der Waals surface area contributed by atoms with Crippen molar-refractivity contribution in [3.05, 3.63) is 65.5 Å². The number of amides is 1. The first-order valence-corrected chi connectivity index (χ1v) is 10.0. The molecular formula is C23H28ClFN2O2. The molecule has 2 aliphatic rings. The van der Waals surface area contributed by atoms with E-state index in [9.17, 15) is 9.18 Å². The Bertz CT molecular complexity index is 830. The summed E-state index contributed by atoms with van der Waals surface area (Å²) in [5, 5.41) is 3.43. The topological polar surface area (TPSA) is 41.6 Å². The summed E-state index contributed by atoms with van der Waals surface area (Å²) in [6.45, 7) is 2.59. The van der Waals surface area contributed by atoms with Crippen molar-refractivity contribution in [1.29, 1.82) is 0 Å². The monoisotopic (exact) mass is 418 g/mol. The SMILES string of the molecule is COc1ccc(CCCC(=O)N2C[C@@H]3CNC[C@@H]3[C@H]2c2cccc(F)c2)cc1.Cl. The van der Waals surface area contributed by atoms with E-state index in [-0.39, 0.29) is 30.2 Å². The molecule has 1 amide bonds. The van der Waals surface area contributed by atoms with Gasteiger partial charge in [-0.1, -0.05) is 24.3 Å². The van der Waals surface area contributed by atoms with Gasteiger partial charge in [-0.05, 0) is 54.2 Å². The van der Waals surface area contributed by atoms with Crippen molar-refractivity contribution in [1.82, 2.24) is 10.2 Å². The first-order valence-electron chi connectivity index (χ1n) is 10.0. The number of hydrogen-bond acceptors (Lipinski definition) is 3. The Hall–Kier alpha value is -2.11. The van der Waals surface area contributed by atoms with E-state index in [0.717, 1.165) is 43.8 Å². The fourth-order valence-corrected chi connectivity index (χ4v) is 4.67. The van der Waals surface area contributed by atoms with E-state index in [1.54, 1.807) is 19.2 Å². The van der Waals surface area contributed by atoms with Crippen molar-refractivity contribution in [3.63, 3.8) is 0 Å². The van der Waals surface area contributed by atoms with Crippen LogP contribution in [0.2, 0.25) is 0 Å². The molecule has 2 aromatic carbocycles. The maximum Gasteiger partial charge on any atom is 0.223 e. The van der Waals surface area contributed by atoms with Gasteiger partial charge in [0.15, 0.2) is 0 Å². The third-order valence-electron chi connectivity index (χ3n) is 6.09. The van der Waals surface area contributed by atoms with Crippen molar-refractivity contribution < 1.29 is 13.9 Å². The van der Waals surface area contributed by atoms with E-state index in [1.165, 1.54) is 11.6 Å². The van der Waals surface area contributed by atoms with Crippen LogP contribution in [0.5, 0.6) is 5.75 Å². The lowest BCUT2D eigenvalue weighted by atomic mass is 9.89. The molecular weight excluding hydrogens is 391 g/mol. The summed E-state index contributed by atoms with van der Waals surface area (Å²) in [6, 6.07) is 14.7. The van der Waals surface area contributed by atoms with Gasteiger partial charge >= 0.3 is 0 Å². The van der Waals surface area contributed by atoms with E-state index in [1.807, 2.05) is 35.2 Å². The molecule has 2 heterocycles. The Morgan fingerprint density at radius 3 is 2.72 bits per heavy atom. The first-order chi connectivity index (χ1) is 13.7. The lowest BCUT2D eigenvalue weighted by molar-refractivity contribution is -0.132. The predicted molar refractivity (Wildman–Crippen MR) is 114 cm³/mol. The largest absolute Gasteiger partial charge is 0.497 e. The van der Waals surface area contributed by atoms with Gasteiger partial charge in [0.1, 0.15) is 11.6 Å². The van der Waals surface area contributed by atoms with Gasteiger partial charge < -0.3 is 15.0 Å². The number of fused-ring (bicyclic) bond motifs is 1. The van der Waals surface area contributed by atoms with Gasteiger partial charge in [-0.3, -0.25) is 4.79 Å². The number of hydrogen-bond donors (Lipinski definition) is 1. The Morgan fingerprint density at radius 1 is 1.21 bits per heavy atom. The zero-order chi connectivity index (χ0) is 19.5. The molecule has 3 atom stereocenters. The molecule has 2 aliphatic heterocycles. The molecule has 4 rings (SSSR count). The van der Waals surface area contributed by atoms with Gasteiger partial charge in [0.25, 0.3) is 0 Å². The van der Waals surface area contributed by atoms with Gasteiger partial charge in [-0.2, -0.15) is 0 Å². The number of ether oxygens (including phenoxy) is 1. The lowest BCUT2D eigenvalue weighted by Crippen LogP contribution is -2.34. The van der Waals surface area contributed by atoms with E-state index in [4.69, 9.17) is 4.74 Å². The number of carbonyl (C=O) groups excluding carboxylic acids is 1. The third kappa shape index (κ3) is 4.73. The number of nitrogens with zero attached hydrogens (tertiary/aromatic N) is 1. The highest BCUT2D eigenvalue weighted by atomic mass is 35.5. The molecule has 6 heteroatoms. The number of benzene rings is 2. The second-order valence-corrected chi connectivity index (χ2v) is 7.83. The highest BCUT2D eigenvalue weighted by Gasteiger charge is 2.46. The second kappa shape index (κ2) is 9.59. The van der Waals surface area contributed by atoms with Gasteiger partial charge in [0.2, 0.25) is 5.91 Å². The summed E-state index contributed by atoms with van der Waals surface area (Å²) in [4.78, 5) is 15.0. The molecule has 2 aromatic rings. The van der Waals surface area contributed by atoms with Crippen LogP contribution in [0.4, 0.5) is 4.39 Å². The van der Waals surface area contributed by atoms with E-state index < -0.39 is 0 Å². The van der Waals surface area contributed by atoms with Gasteiger partial charge in [-0.15, -0.1) is 12.4 Å². The summed E-state index contributed by atoms with van der Waals surface area (Å²) in [7, 11) is 1.66. The molecule has 0 unspecified atom stereocenters. The Morgan fingerprint density at radius 2 is 2.00 bits per heavy atom. The molecule has 2 fully saturated rings. The van der Waals surface area contributed by atoms with Crippen LogP contribution in [-0.4, -0.2) is 37.6 Å². The van der Waals surface area contributed by atoms with Crippen LogP contribution in [-0.2, 0) is 11.2 Å². The Kier molecular flexibility index (Phi) is 7.14. The zero-order valence-corrected chi connectivity index (χ0v) is 17.5. The quantitative estimate of drug-likeness (QED) is 0.771. The number of carbonyl (C=O) groups is 1. The standard InChI is InChI=1S/C23H27FN2O2.ClH/c1-28-20-10-8-16(9-11-20)4-2-7-22(27)26-15-18-13-25-14-21(18)23(26)17-5-3-6-19(24)12-17;/h3,5-6,8-12,18,21,23,25H,2,4,7,13-15H2,1H3;1H/t18-,21-,23+;/m0./s1. The average Bonchev–Trinajstić information content (AvgIpc) is 3.29. The molecule has 0 aliphatic carbocycles. The molecule has 0 aromatic heterocycles. The normalized spacial score (nSPS) is 22.8. The fraction of sp³-hybridized carbons (Fsp3) is 0.435. The Labute approximate surface area is 177 Å². The van der Waals surface area contributed by atoms with Crippen molar-refractivity contribution in [2.24, 2.45) is 11.8 Å². The van der Waals surface area contributed by atoms with Crippen LogP contribution in [0.3, 0.4) is 0 Å².